The third-order valence-electron chi connectivity index (χ3n) is 2.20. The third kappa shape index (κ3) is 5.01. The Morgan fingerprint density at radius 3 is 2.35 bits per heavy atom. The van der Waals surface area contributed by atoms with E-state index in [1.54, 1.807) is 30.1 Å². The zero-order valence-corrected chi connectivity index (χ0v) is 12.1. The Balaban J connectivity index is 2.91. The van der Waals surface area contributed by atoms with Crippen molar-refractivity contribution in [1.29, 1.82) is 0 Å². The number of allylic oxidation sites excluding steroid dienone is 1. The van der Waals surface area contributed by atoms with Gasteiger partial charge in [0.1, 0.15) is 0 Å². The normalized spacial score (nSPS) is 11.0. The van der Waals surface area contributed by atoms with Gasteiger partial charge in [-0.2, -0.15) is 4.99 Å². The molecule has 0 fully saturated rings. The zero-order chi connectivity index (χ0) is 15.1. The number of aliphatic imine (C=N–C) groups is 1. The molecule has 1 heterocycles. The minimum atomic E-state index is -0.433. The molecule has 6 nitrogen and oxygen atoms in total. The zero-order valence-electron chi connectivity index (χ0n) is 12.1. The number of amides is 1. The highest BCUT2D eigenvalue weighted by atomic mass is 16.1. The van der Waals surface area contributed by atoms with Crippen molar-refractivity contribution >= 4 is 18.0 Å². The molecule has 0 aliphatic rings. The number of hydrogen-bond donors (Lipinski definition) is 0. The van der Waals surface area contributed by atoms with Gasteiger partial charge in [-0.15, -0.1) is 0 Å². The van der Waals surface area contributed by atoms with Crippen molar-refractivity contribution in [3.63, 3.8) is 0 Å². The first kappa shape index (κ1) is 15.6. The van der Waals surface area contributed by atoms with Gasteiger partial charge in [0.05, 0.1) is 11.9 Å². The minimum Gasteiger partial charge on any atom is -0.383 e. The summed E-state index contributed by atoms with van der Waals surface area (Å²) in [6, 6.07) is 1.49. The van der Waals surface area contributed by atoms with Crippen LogP contribution in [0.2, 0.25) is 0 Å². The molecule has 0 saturated carbocycles. The van der Waals surface area contributed by atoms with E-state index in [2.05, 4.69) is 9.98 Å². The van der Waals surface area contributed by atoms with E-state index in [-0.39, 0.29) is 11.3 Å². The van der Waals surface area contributed by atoms with Crippen LogP contribution in [0.5, 0.6) is 0 Å². The van der Waals surface area contributed by atoms with E-state index >= 15 is 0 Å². The van der Waals surface area contributed by atoms with E-state index < -0.39 is 5.91 Å². The van der Waals surface area contributed by atoms with Crippen LogP contribution in [-0.2, 0) is 0 Å². The molecule has 1 rings (SSSR count). The summed E-state index contributed by atoms with van der Waals surface area (Å²) in [5.74, 6) is -0.644. The highest BCUT2D eigenvalue weighted by Gasteiger charge is 2.08. The molecule has 0 radical (unpaired) electrons. The lowest BCUT2D eigenvalue weighted by Crippen LogP contribution is -2.10. The molecule has 20 heavy (non-hydrogen) atoms. The lowest BCUT2D eigenvalue weighted by Gasteiger charge is -2.04. The standard InChI is InChI=1S/C14H18N4O2/c1-17(2)6-5-13(19)11-7-12(9-15-8-11)14(20)16-10-18(3)4/h5-10H,1-4H3. The first-order chi connectivity index (χ1) is 9.40. The van der Waals surface area contributed by atoms with Gasteiger partial charge in [0.2, 0.25) is 0 Å². The summed E-state index contributed by atoms with van der Waals surface area (Å²) in [5, 5.41) is 0. The predicted molar refractivity (Wildman–Crippen MR) is 77.9 cm³/mol. The maximum atomic E-state index is 11.9. The molecule has 0 aliphatic heterocycles. The Morgan fingerprint density at radius 2 is 1.75 bits per heavy atom. The van der Waals surface area contributed by atoms with E-state index in [1.807, 2.05) is 14.1 Å². The number of pyridine rings is 1. The topological polar surface area (TPSA) is 65.9 Å². The predicted octanol–water partition coefficient (Wildman–Crippen LogP) is 1.07. The van der Waals surface area contributed by atoms with Crippen LogP contribution in [0.3, 0.4) is 0 Å². The summed E-state index contributed by atoms with van der Waals surface area (Å²) in [7, 11) is 7.16. The fourth-order valence-electron chi connectivity index (χ4n) is 1.25. The summed E-state index contributed by atoms with van der Waals surface area (Å²) < 4.78 is 0. The average molecular weight is 274 g/mol. The quantitative estimate of drug-likeness (QED) is 0.348. The molecule has 106 valence electrons. The van der Waals surface area contributed by atoms with Gasteiger partial charge in [-0.25, -0.2) is 0 Å². The summed E-state index contributed by atoms with van der Waals surface area (Å²) in [5.41, 5.74) is 0.640. The minimum absolute atomic E-state index is 0.211. The van der Waals surface area contributed by atoms with Crippen molar-refractivity contribution in [2.45, 2.75) is 0 Å². The molecule has 0 unspecified atom stereocenters. The highest BCUT2D eigenvalue weighted by Crippen LogP contribution is 2.06. The lowest BCUT2D eigenvalue weighted by molar-refractivity contribution is 0.100. The molecule has 0 aromatic carbocycles. The number of carbonyl (C=O) groups excluding carboxylic acids is 2. The average Bonchev–Trinajstić information content (AvgIpc) is 2.42. The van der Waals surface area contributed by atoms with Crippen molar-refractivity contribution in [2.24, 2.45) is 4.99 Å². The van der Waals surface area contributed by atoms with Crippen LogP contribution in [0.1, 0.15) is 20.7 Å². The van der Waals surface area contributed by atoms with Crippen LogP contribution in [0.4, 0.5) is 0 Å². The van der Waals surface area contributed by atoms with Gasteiger partial charge in [0, 0.05) is 58.4 Å². The summed E-state index contributed by atoms with van der Waals surface area (Å²) >= 11 is 0. The van der Waals surface area contributed by atoms with E-state index in [4.69, 9.17) is 0 Å². The second kappa shape index (κ2) is 7.18. The SMILES string of the molecule is CN(C)C=CC(=O)c1cncc(C(=O)N=CN(C)C)c1. The largest absolute Gasteiger partial charge is 0.383 e. The van der Waals surface area contributed by atoms with Crippen LogP contribution in [0.15, 0.2) is 35.7 Å². The van der Waals surface area contributed by atoms with Gasteiger partial charge >= 0.3 is 0 Å². The van der Waals surface area contributed by atoms with Crippen LogP contribution in [-0.4, -0.2) is 61.0 Å². The number of hydrogen-bond acceptors (Lipinski definition) is 4. The van der Waals surface area contributed by atoms with Gasteiger partial charge < -0.3 is 9.80 Å². The molecule has 0 N–H and O–H groups in total. The molecule has 1 amide bonds. The maximum Gasteiger partial charge on any atom is 0.279 e. The first-order valence-electron chi connectivity index (χ1n) is 5.99. The van der Waals surface area contributed by atoms with Gasteiger partial charge in [0.25, 0.3) is 5.91 Å². The Bertz CT molecular complexity index is 503. The van der Waals surface area contributed by atoms with E-state index in [0.29, 0.717) is 5.56 Å². The Kier molecular flexibility index (Phi) is 5.58. The Hall–Kier alpha value is -2.50. The van der Waals surface area contributed by atoms with Crippen LogP contribution < -0.4 is 0 Å². The summed E-state index contributed by atoms with van der Waals surface area (Å²) in [4.78, 5) is 34.7. The maximum absolute atomic E-state index is 11.9. The van der Waals surface area contributed by atoms with Gasteiger partial charge in [0.15, 0.2) is 5.78 Å². The second-order valence-corrected chi connectivity index (χ2v) is 4.62. The molecule has 0 bridgehead atoms. The van der Waals surface area contributed by atoms with Crippen LogP contribution in [0, 0.1) is 0 Å². The Morgan fingerprint density at radius 1 is 1.10 bits per heavy atom. The van der Waals surface area contributed by atoms with E-state index in [9.17, 15) is 9.59 Å². The van der Waals surface area contributed by atoms with E-state index in [1.165, 1.54) is 30.9 Å². The monoisotopic (exact) mass is 274 g/mol. The fourth-order valence-corrected chi connectivity index (χ4v) is 1.25. The second-order valence-electron chi connectivity index (χ2n) is 4.62. The smallest absolute Gasteiger partial charge is 0.279 e. The number of nitrogens with zero attached hydrogens (tertiary/aromatic N) is 4. The van der Waals surface area contributed by atoms with Crippen molar-refractivity contribution in [1.82, 2.24) is 14.8 Å². The van der Waals surface area contributed by atoms with Gasteiger partial charge in [-0.3, -0.25) is 14.6 Å². The number of ketones is 1. The van der Waals surface area contributed by atoms with Crippen LogP contribution >= 0.6 is 0 Å². The van der Waals surface area contributed by atoms with Crippen molar-refractivity contribution in [2.75, 3.05) is 28.2 Å². The van der Waals surface area contributed by atoms with E-state index in [0.717, 1.165) is 0 Å². The molecule has 6 heteroatoms. The molecule has 1 aromatic heterocycles. The summed E-state index contributed by atoms with van der Waals surface area (Å²) in [6.07, 6.45) is 7.29. The summed E-state index contributed by atoms with van der Waals surface area (Å²) in [6.45, 7) is 0. The highest BCUT2D eigenvalue weighted by molar-refractivity contribution is 6.06. The lowest BCUT2D eigenvalue weighted by atomic mass is 10.1. The molecule has 0 atom stereocenters. The van der Waals surface area contributed by atoms with Crippen molar-refractivity contribution in [3.8, 4) is 0 Å². The van der Waals surface area contributed by atoms with Crippen molar-refractivity contribution < 1.29 is 9.59 Å². The number of rotatable bonds is 5. The molecule has 0 aliphatic carbocycles. The Labute approximate surface area is 118 Å². The molecule has 0 spiro atoms. The van der Waals surface area contributed by atoms with Crippen LogP contribution in [0.25, 0.3) is 0 Å². The number of carbonyl (C=O) groups is 2. The molecular formula is C14H18N4O2. The van der Waals surface area contributed by atoms with Gasteiger partial charge in [-0.05, 0) is 6.07 Å². The first-order valence-corrected chi connectivity index (χ1v) is 5.99. The van der Waals surface area contributed by atoms with Crippen molar-refractivity contribution in [3.05, 3.63) is 41.9 Å². The number of aromatic nitrogens is 1. The van der Waals surface area contributed by atoms with Gasteiger partial charge in [-0.1, -0.05) is 0 Å². The fraction of sp³-hybridized carbons (Fsp3) is 0.286. The molecule has 0 saturated heterocycles. The third-order valence-corrected chi connectivity index (χ3v) is 2.20. The molecular weight excluding hydrogens is 256 g/mol. The molecule has 1 aromatic rings.